The Hall–Kier alpha value is -0.750. The minimum atomic E-state index is -0.860. The Balaban J connectivity index is 3.78. The Morgan fingerprint density at radius 1 is 1.50 bits per heavy atom. The van der Waals surface area contributed by atoms with Crippen LogP contribution in [0.15, 0.2) is 0 Å². The van der Waals surface area contributed by atoms with Crippen LogP contribution in [0.4, 0.5) is 0 Å². The van der Waals surface area contributed by atoms with Crippen LogP contribution in [-0.2, 0) is 9.59 Å². The van der Waals surface area contributed by atoms with E-state index in [9.17, 15) is 9.59 Å². The third-order valence-corrected chi connectivity index (χ3v) is 2.55. The van der Waals surface area contributed by atoms with Gasteiger partial charge >= 0.3 is 5.97 Å². The van der Waals surface area contributed by atoms with E-state index in [2.05, 4.69) is 10.6 Å². The quantitative estimate of drug-likeness (QED) is 0.540. The summed E-state index contributed by atoms with van der Waals surface area (Å²) in [6.07, 6.45) is 0. The lowest BCUT2D eigenvalue weighted by Gasteiger charge is -2.14. The summed E-state index contributed by atoms with van der Waals surface area (Å²) in [4.78, 5) is 21.5. The Morgan fingerprint density at radius 2 is 2.14 bits per heavy atom. The molecule has 0 saturated heterocycles. The van der Waals surface area contributed by atoms with Crippen LogP contribution in [0.1, 0.15) is 6.92 Å². The second kappa shape index (κ2) is 7.64. The maximum absolute atomic E-state index is 11.3. The standard InChI is InChI=1S/C8H16N2O3S/c1-3-10-8(13)6(9-2)4-14-5-7(11)12/h6,9H,3-5H2,1-2H3,(H,10,13)(H,11,12). The van der Waals surface area contributed by atoms with E-state index in [-0.39, 0.29) is 17.7 Å². The van der Waals surface area contributed by atoms with Gasteiger partial charge in [0.1, 0.15) is 0 Å². The largest absolute Gasteiger partial charge is 0.481 e. The van der Waals surface area contributed by atoms with Gasteiger partial charge in [0.05, 0.1) is 11.8 Å². The third kappa shape index (κ3) is 5.82. The van der Waals surface area contributed by atoms with Crippen molar-refractivity contribution in [2.45, 2.75) is 13.0 Å². The number of hydrogen-bond acceptors (Lipinski definition) is 4. The van der Waals surface area contributed by atoms with Gasteiger partial charge in [0.15, 0.2) is 0 Å². The number of likely N-dealkylation sites (N-methyl/N-ethyl adjacent to an activating group) is 2. The lowest BCUT2D eigenvalue weighted by molar-refractivity contribution is -0.134. The molecule has 0 aromatic rings. The first-order valence-electron chi connectivity index (χ1n) is 4.36. The summed E-state index contributed by atoms with van der Waals surface area (Å²) >= 11 is 1.23. The van der Waals surface area contributed by atoms with Gasteiger partial charge in [0.25, 0.3) is 0 Å². The minimum absolute atomic E-state index is 0.0254. The van der Waals surface area contributed by atoms with E-state index in [1.54, 1.807) is 7.05 Å². The van der Waals surface area contributed by atoms with Gasteiger partial charge in [-0.25, -0.2) is 0 Å². The third-order valence-electron chi connectivity index (χ3n) is 1.53. The highest BCUT2D eigenvalue weighted by molar-refractivity contribution is 8.00. The summed E-state index contributed by atoms with van der Waals surface area (Å²) in [5, 5.41) is 13.9. The first-order valence-corrected chi connectivity index (χ1v) is 5.51. The smallest absolute Gasteiger partial charge is 0.313 e. The molecular weight excluding hydrogens is 204 g/mol. The van der Waals surface area contributed by atoms with Crippen LogP contribution in [0.5, 0.6) is 0 Å². The predicted octanol–water partition coefficient (Wildman–Crippen LogP) is -0.472. The Kier molecular flexibility index (Phi) is 7.23. The summed E-state index contributed by atoms with van der Waals surface area (Å²) in [6.45, 7) is 2.43. The zero-order valence-electron chi connectivity index (χ0n) is 8.37. The molecule has 1 unspecified atom stereocenters. The molecule has 14 heavy (non-hydrogen) atoms. The number of nitrogens with one attached hydrogen (secondary N) is 2. The van der Waals surface area contributed by atoms with Gasteiger partial charge in [-0.1, -0.05) is 0 Å². The molecule has 0 radical (unpaired) electrons. The second-order valence-electron chi connectivity index (χ2n) is 2.64. The number of hydrogen-bond donors (Lipinski definition) is 3. The molecule has 0 bridgehead atoms. The van der Waals surface area contributed by atoms with Crippen molar-refractivity contribution in [3.63, 3.8) is 0 Å². The van der Waals surface area contributed by atoms with Crippen LogP contribution >= 0.6 is 11.8 Å². The van der Waals surface area contributed by atoms with Crippen molar-refractivity contribution in [2.24, 2.45) is 0 Å². The second-order valence-corrected chi connectivity index (χ2v) is 3.67. The lowest BCUT2D eigenvalue weighted by Crippen LogP contribution is -2.44. The van der Waals surface area contributed by atoms with Crippen LogP contribution in [0.2, 0.25) is 0 Å². The van der Waals surface area contributed by atoms with Crippen molar-refractivity contribution in [2.75, 3.05) is 25.1 Å². The van der Waals surface area contributed by atoms with Crippen molar-refractivity contribution in [1.29, 1.82) is 0 Å². The van der Waals surface area contributed by atoms with Crippen molar-refractivity contribution in [3.8, 4) is 0 Å². The zero-order chi connectivity index (χ0) is 11.0. The van der Waals surface area contributed by atoms with Crippen LogP contribution in [0, 0.1) is 0 Å². The summed E-state index contributed by atoms with van der Waals surface area (Å²) in [5.41, 5.74) is 0. The number of aliphatic carboxylic acids is 1. The van der Waals surface area contributed by atoms with Gasteiger partial charge in [0, 0.05) is 12.3 Å². The van der Waals surface area contributed by atoms with E-state index in [4.69, 9.17) is 5.11 Å². The van der Waals surface area contributed by atoms with Crippen LogP contribution in [0.3, 0.4) is 0 Å². The molecular formula is C8H16N2O3S. The molecule has 0 fully saturated rings. The average Bonchev–Trinajstić information content (AvgIpc) is 2.12. The molecule has 0 saturated carbocycles. The van der Waals surface area contributed by atoms with E-state index in [0.717, 1.165) is 0 Å². The highest BCUT2D eigenvalue weighted by Gasteiger charge is 2.15. The molecule has 0 heterocycles. The maximum Gasteiger partial charge on any atom is 0.313 e. The first-order chi connectivity index (χ1) is 6.61. The molecule has 6 heteroatoms. The zero-order valence-corrected chi connectivity index (χ0v) is 9.19. The van der Waals surface area contributed by atoms with E-state index < -0.39 is 5.97 Å². The molecule has 0 aliphatic heterocycles. The molecule has 3 N–H and O–H groups in total. The summed E-state index contributed by atoms with van der Waals surface area (Å²) in [6, 6.07) is -0.320. The first kappa shape index (κ1) is 13.2. The van der Waals surface area contributed by atoms with E-state index >= 15 is 0 Å². The number of amides is 1. The lowest BCUT2D eigenvalue weighted by atomic mass is 10.3. The van der Waals surface area contributed by atoms with E-state index in [0.29, 0.717) is 12.3 Å². The predicted molar refractivity (Wildman–Crippen MR) is 56.5 cm³/mol. The fourth-order valence-corrected chi connectivity index (χ4v) is 1.70. The Morgan fingerprint density at radius 3 is 2.57 bits per heavy atom. The van der Waals surface area contributed by atoms with Crippen LogP contribution in [-0.4, -0.2) is 48.1 Å². The van der Waals surface area contributed by atoms with Crippen molar-refractivity contribution < 1.29 is 14.7 Å². The average molecular weight is 220 g/mol. The number of rotatable bonds is 7. The van der Waals surface area contributed by atoms with Gasteiger partial charge in [0.2, 0.25) is 5.91 Å². The topological polar surface area (TPSA) is 78.4 Å². The minimum Gasteiger partial charge on any atom is -0.481 e. The van der Waals surface area contributed by atoms with Gasteiger partial charge in [-0.05, 0) is 14.0 Å². The molecule has 0 spiro atoms. The fraction of sp³-hybridized carbons (Fsp3) is 0.750. The number of carbonyl (C=O) groups is 2. The monoisotopic (exact) mass is 220 g/mol. The Labute approximate surface area is 87.6 Å². The van der Waals surface area contributed by atoms with Crippen molar-refractivity contribution >= 4 is 23.6 Å². The molecule has 0 aromatic carbocycles. The number of carbonyl (C=O) groups excluding carboxylic acids is 1. The molecule has 0 aliphatic rings. The fourth-order valence-electron chi connectivity index (χ4n) is 0.852. The van der Waals surface area contributed by atoms with Gasteiger partial charge in [-0.2, -0.15) is 0 Å². The summed E-state index contributed by atoms with van der Waals surface area (Å²) < 4.78 is 0. The van der Waals surface area contributed by atoms with E-state index in [1.165, 1.54) is 11.8 Å². The van der Waals surface area contributed by atoms with Gasteiger partial charge < -0.3 is 15.7 Å². The SMILES string of the molecule is CCNC(=O)C(CSCC(=O)O)NC. The molecule has 1 amide bonds. The number of carboxylic acids is 1. The Bertz CT molecular complexity index is 199. The summed E-state index contributed by atoms with van der Waals surface area (Å²) in [5.74, 6) is -0.458. The van der Waals surface area contributed by atoms with Gasteiger partial charge in [-0.15, -0.1) is 11.8 Å². The van der Waals surface area contributed by atoms with E-state index in [1.807, 2.05) is 6.92 Å². The number of thioether (sulfide) groups is 1. The molecule has 5 nitrogen and oxygen atoms in total. The van der Waals surface area contributed by atoms with Crippen molar-refractivity contribution in [3.05, 3.63) is 0 Å². The molecule has 0 aromatic heterocycles. The van der Waals surface area contributed by atoms with Gasteiger partial charge in [-0.3, -0.25) is 9.59 Å². The van der Waals surface area contributed by atoms with Crippen LogP contribution < -0.4 is 10.6 Å². The summed E-state index contributed by atoms with van der Waals surface area (Å²) in [7, 11) is 1.68. The molecule has 0 aliphatic carbocycles. The molecule has 1 atom stereocenters. The normalized spacial score (nSPS) is 12.1. The maximum atomic E-state index is 11.3. The van der Waals surface area contributed by atoms with Crippen molar-refractivity contribution in [1.82, 2.24) is 10.6 Å². The van der Waals surface area contributed by atoms with Crippen LogP contribution in [0.25, 0.3) is 0 Å². The number of carboxylic acid groups (broad SMARTS) is 1. The molecule has 0 rings (SSSR count). The highest BCUT2D eigenvalue weighted by atomic mass is 32.2. The highest BCUT2D eigenvalue weighted by Crippen LogP contribution is 2.02. The molecule has 82 valence electrons.